The third-order valence-electron chi connectivity index (χ3n) is 4.69. The molecule has 0 atom stereocenters. The molecule has 0 radical (unpaired) electrons. The Bertz CT molecular complexity index is 866. The lowest BCUT2D eigenvalue weighted by Crippen LogP contribution is -2.31. The standard InChI is InChI=1S/C20H24N4O3/c1-3-10-21-20(27)24-18(14-6-4-5-7-14)12-17(23-24)16-11-15(22-13(2)25)8-9-19(16)26/h3,8-9,11-12,14,26H,1,4-7,10H2,2H3,(H,21,27)(H,22,25). The second kappa shape index (κ2) is 8.07. The van der Waals surface area contributed by atoms with E-state index in [0.29, 0.717) is 23.5 Å². The molecule has 1 fully saturated rings. The summed E-state index contributed by atoms with van der Waals surface area (Å²) in [5.74, 6) is 0.104. The summed E-state index contributed by atoms with van der Waals surface area (Å²) in [5, 5.41) is 20.2. The highest BCUT2D eigenvalue weighted by molar-refractivity contribution is 5.90. The summed E-state index contributed by atoms with van der Waals surface area (Å²) < 4.78 is 1.39. The summed E-state index contributed by atoms with van der Waals surface area (Å²) in [4.78, 5) is 23.9. The van der Waals surface area contributed by atoms with Gasteiger partial charge in [-0.05, 0) is 37.1 Å². The number of phenolic OH excluding ortho intramolecular Hbond substituents is 1. The number of amides is 2. The summed E-state index contributed by atoms with van der Waals surface area (Å²) in [6.45, 7) is 5.38. The molecule has 7 heteroatoms. The Morgan fingerprint density at radius 1 is 1.33 bits per heavy atom. The Kier molecular flexibility index (Phi) is 5.59. The maximum atomic E-state index is 12.5. The van der Waals surface area contributed by atoms with Crippen molar-refractivity contribution in [2.45, 2.75) is 38.5 Å². The molecule has 0 aliphatic heterocycles. The lowest BCUT2D eigenvalue weighted by molar-refractivity contribution is -0.114. The van der Waals surface area contributed by atoms with Crippen molar-refractivity contribution in [2.24, 2.45) is 0 Å². The Hall–Kier alpha value is -3.09. The van der Waals surface area contributed by atoms with Crippen LogP contribution in [0.15, 0.2) is 36.9 Å². The van der Waals surface area contributed by atoms with Crippen molar-refractivity contribution >= 4 is 17.6 Å². The lowest BCUT2D eigenvalue weighted by atomic mass is 10.0. The fraction of sp³-hybridized carbons (Fsp3) is 0.350. The average Bonchev–Trinajstić information content (AvgIpc) is 3.30. The van der Waals surface area contributed by atoms with E-state index in [-0.39, 0.29) is 23.6 Å². The molecule has 1 saturated carbocycles. The van der Waals surface area contributed by atoms with Crippen LogP contribution < -0.4 is 10.6 Å². The normalized spacial score (nSPS) is 14.1. The number of aromatic nitrogens is 2. The molecule has 1 heterocycles. The minimum absolute atomic E-state index is 0.0400. The molecule has 7 nitrogen and oxygen atoms in total. The van der Waals surface area contributed by atoms with Crippen molar-refractivity contribution in [3.8, 4) is 17.0 Å². The van der Waals surface area contributed by atoms with Gasteiger partial charge in [0, 0.05) is 30.6 Å². The number of carbonyl (C=O) groups is 2. The van der Waals surface area contributed by atoms with Gasteiger partial charge in [0.25, 0.3) is 0 Å². The van der Waals surface area contributed by atoms with Crippen molar-refractivity contribution in [3.63, 3.8) is 0 Å². The quantitative estimate of drug-likeness (QED) is 0.555. The van der Waals surface area contributed by atoms with Crippen molar-refractivity contribution in [1.29, 1.82) is 0 Å². The summed E-state index contributed by atoms with van der Waals surface area (Å²) in [7, 11) is 0. The molecule has 27 heavy (non-hydrogen) atoms. The van der Waals surface area contributed by atoms with Gasteiger partial charge >= 0.3 is 6.03 Å². The Morgan fingerprint density at radius 3 is 2.74 bits per heavy atom. The maximum absolute atomic E-state index is 12.5. The number of carbonyl (C=O) groups excluding carboxylic acids is 2. The van der Waals surface area contributed by atoms with E-state index in [1.165, 1.54) is 17.7 Å². The molecule has 3 N–H and O–H groups in total. The van der Waals surface area contributed by atoms with Gasteiger partial charge in [0.2, 0.25) is 5.91 Å². The molecule has 0 bridgehead atoms. The van der Waals surface area contributed by atoms with Gasteiger partial charge in [-0.15, -0.1) is 6.58 Å². The molecular formula is C20H24N4O3. The van der Waals surface area contributed by atoms with Crippen LogP contribution in [0.4, 0.5) is 10.5 Å². The average molecular weight is 368 g/mol. The zero-order valence-electron chi connectivity index (χ0n) is 15.4. The molecule has 1 aromatic carbocycles. The van der Waals surface area contributed by atoms with E-state index in [0.717, 1.165) is 31.4 Å². The number of hydrogen-bond donors (Lipinski definition) is 3. The molecule has 1 aromatic heterocycles. The first-order valence-electron chi connectivity index (χ1n) is 9.09. The molecule has 0 spiro atoms. The van der Waals surface area contributed by atoms with Crippen molar-refractivity contribution in [3.05, 3.63) is 42.6 Å². The van der Waals surface area contributed by atoms with Crippen LogP contribution in [0.25, 0.3) is 11.3 Å². The number of aromatic hydroxyl groups is 1. The van der Waals surface area contributed by atoms with Gasteiger partial charge in [-0.3, -0.25) is 4.79 Å². The molecule has 0 unspecified atom stereocenters. The smallest absolute Gasteiger partial charge is 0.342 e. The number of nitrogens with zero attached hydrogens (tertiary/aromatic N) is 2. The number of hydrogen-bond acceptors (Lipinski definition) is 4. The van der Waals surface area contributed by atoms with E-state index in [1.807, 2.05) is 6.07 Å². The SMILES string of the molecule is C=CCNC(=O)n1nc(-c2cc(NC(C)=O)ccc2O)cc1C1CCCC1. The Balaban J connectivity index is 2.02. The van der Waals surface area contributed by atoms with Crippen molar-refractivity contribution in [2.75, 3.05) is 11.9 Å². The molecule has 1 aliphatic rings. The monoisotopic (exact) mass is 368 g/mol. The van der Waals surface area contributed by atoms with E-state index in [2.05, 4.69) is 22.3 Å². The van der Waals surface area contributed by atoms with Gasteiger partial charge in [-0.1, -0.05) is 18.9 Å². The maximum Gasteiger partial charge on any atom is 0.342 e. The Morgan fingerprint density at radius 2 is 2.07 bits per heavy atom. The van der Waals surface area contributed by atoms with Crippen LogP contribution in [0, 0.1) is 0 Å². The van der Waals surface area contributed by atoms with Crippen LogP contribution in [0.2, 0.25) is 0 Å². The number of anilines is 1. The van der Waals surface area contributed by atoms with Gasteiger partial charge < -0.3 is 15.7 Å². The van der Waals surface area contributed by atoms with Gasteiger partial charge in [-0.2, -0.15) is 9.78 Å². The summed E-state index contributed by atoms with van der Waals surface area (Å²) >= 11 is 0. The van der Waals surface area contributed by atoms with Crippen molar-refractivity contribution < 1.29 is 14.7 Å². The van der Waals surface area contributed by atoms with E-state index < -0.39 is 0 Å². The number of nitrogens with one attached hydrogen (secondary N) is 2. The minimum atomic E-state index is -0.319. The molecule has 1 aliphatic carbocycles. The fourth-order valence-corrected chi connectivity index (χ4v) is 3.46. The number of rotatable bonds is 5. The van der Waals surface area contributed by atoms with Crippen LogP contribution >= 0.6 is 0 Å². The van der Waals surface area contributed by atoms with E-state index >= 15 is 0 Å². The van der Waals surface area contributed by atoms with Crippen LogP contribution in [-0.2, 0) is 4.79 Å². The fourth-order valence-electron chi connectivity index (χ4n) is 3.46. The zero-order chi connectivity index (χ0) is 19.4. The molecule has 3 rings (SSSR count). The molecule has 0 saturated heterocycles. The largest absolute Gasteiger partial charge is 0.507 e. The Labute approximate surface area is 158 Å². The van der Waals surface area contributed by atoms with Gasteiger partial charge in [-0.25, -0.2) is 4.79 Å². The third kappa shape index (κ3) is 4.19. The van der Waals surface area contributed by atoms with Crippen molar-refractivity contribution in [1.82, 2.24) is 15.1 Å². The van der Waals surface area contributed by atoms with Gasteiger partial charge in [0.05, 0.1) is 11.4 Å². The second-order valence-electron chi connectivity index (χ2n) is 6.74. The van der Waals surface area contributed by atoms with E-state index in [4.69, 9.17) is 0 Å². The molecule has 142 valence electrons. The highest BCUT2D eigenvalue weighted by atomic mass is 16.3. The minimum Gasteiger partial charge on any atom is -0.507 e. The van der Waals surface area contributed by atoms with Crippen LogP contribution in [0.5, 0.6) is 5.75 Å². The summed E-state index contributed by atoms with van der Waals surface area (Å²) in [6, 6.07) is 6.32. The summed E-state index contributed by atoms with van der Waals surface area (Å²) in [6.07, 6.45) is 5.89. The molecule has 2 amide bonds. The van der Waals surface area contributed by atoms with E-state index in [1.54, 1.807) is 18.2 Å². The predicted octanol–water partition coefficient (Wildman–Crippen LogP) is 3.62. The van der Waals surface area contributed by atoms with Crippen LogP contribution in [0.3, 0.4) is 0 Å². The lowest BCUT2D eigenvalue weighted by Gasteiger charge is -2.11. The number of benzene rings is 1. The second-order valence-corrected chi connectivity index (χ2v) is 6.74. The summed E-state index contributed by atoms with van der Waals surface area (Å²) in [5.41, 5.74) is 2.36. The third-order valence-corrected chi connectivity index (χ3v) is 4.69. The van der Waals surface area contributed by atoms with Gasteiger partial charge in [0.1, 0.15) is 5.75 Å². The van der Waals surface area contributed by atoms with Crippen LogP contribution in [0.1, 0.15) is 44.2 Å². The number of phenols is 1. The highest BCUT2D eigenvalue weighted by Gasteiger charge is 2.25. The zero-order valence-corrected chi connectivity index (χ0v) is 15.4. The van der Waals surface area contributed by atoms with E-state index in [9.17, 15) is 14.7 Å². The molecular weight excluding hydrogens is 344 g/mol. The topological polar surface area (TPSA) is 96.3 Å². The first kappa shape index (κ1) is 18.7. The first-order chi connectivity index (χ1) is 13.0. The predicted molar refractivity (Wildman–Crippen MR) is 104 cm³/mol. The first-order valence-corrected chi connectivity index (χ1v) is 9.09. The highest BCUT2D eigenvalue weighted by Crippen LogP contribution is 2.38. The molecule has 2 aromatic rings. The van der Waals surface area contributed by atoms with Crippen LogP contribution in [-0.4, -0.2) is 33.4 Å². The van der Waals surface area contributed by atoms with Gasteiger partial charge in [0.15, 0.2) is 0 Å².